The Hall–Kier alpha value is -0.950. The van der Waals surface area contributed by atoms with Gasteiger partial charge in [-0.15, -0.1) is 0 Å². The first kappa shape index (κ1) is 13.5. The maximum Gasteiger partial charge on any atom is 0.0796 e. The molecule has 2 rings (SSSR count). The van der Waals surface area contributed by atoms with E-state index in [9.17, 15) is 0 Å². The molecule has 1 aromatic heterocycles. The lowest BCUT2D eigenvalue weighted by Gasteiger charge is -2.34. The number of hydrazine groups is 1. The molecule has 0 saturated carbocycles. The maximum atomic E-state index is 5.79. The molecule has 1 fully saturated rings. The molecule has 0 bridgehead atoms. The van der Waals surface area contributed by atoms with Crippen molar-refractivity contribution in [2.24, 2.45) is 12.9 Å². The van der Waals surface area contributed by atoms with Crippen molar-refractivity contribution in [3.8, 4) is 0 Å². The number of nitrogens with one attached hydrogen (secondary N) is 1. The van der Waals surface area contributed by atoms with E-state index in [1.165, 1.54) is 6.42 Å². The standard InChI is InChI=1S/C12H24N6/c1-16-7-4-8-17(2)11(9-16)12(15-13)10-5-6-14-18(10)3/h5-6,11-12,15H,4,7-9,13H2,1-3H3. The highest BCUT2D eigenvalue weighted by atomic mass is 15.3. The van der Waals surface area contributed by atoms with Crippen LogP contribution in [0.4, 0.5) is 0 Å². The van der Waals surface area contributed by atoms with E-state index in [2.05, 4.69) is 34.4 Å². The monoisotopic (exact) mass is 252 g/mol. The zero-order chi connectivity index (χ0) is 13.1. The van der Waals surface area contributed by atoms with Crippen LogP contribution in [0.5, 0.6) is 0 Å². The average molecular weight is 252 g/mol. The van der Waals surface area contributed by atoms with E-state index in [4.69, 9.17) is 5.84 Å². The number of likely N-dealkylation sites (N-methyl/N-ethyl adjacent to an activating group) is 2. The number of nitrogens with zero attached hydrogens (tertiary/aromatic N) is 4. The molecule has 2 heterocycles. The molecule has 6 nitrogen and oxygen atoms in total. The minimum absolute atomic E-state index is 0.100. The molecule has 0 radical (unpaired) electrons. The summed E-state index contributed by atoms with van der Waals surface area (Å²) in [6, 6.07) is 2.49. The van der Waals surface area contributed by atoms with Gasteiger partial charge in [-0.3, -0.25) is 10.5 Å². The quantitative estimate of drug-likeness (QED) is 0.564. The van der Waals surface area contributed by atoms with Crippen LogP contribution in [0.25, 0.3) is 0 Å². The van der Waals surface area contributed by atoms with Gasteiger partial charge in [0, 0.05) is 25.8 Å². The normalized spacial score (nSPS) is 25.0. The highest BCUT2D eigenvalue weighted by Gasteiger charge is 2.30. The van der Waals surface area contributed by atoms with E-state index in [0.29, 0.717) is 6.04 Å². The first-order valence-corrected chi connectivity index (χ1v) is 6.46. The summed E-state index contributed by atoms with van der Waals surface area (Å²) in [5, 5.41) is 4.24. The van der Waals surface area contributed by atoms with Crippen LogP contribution >= 0.6 is 0 Å². The van der Waals surface area contributed by atoms with Crippen LogP contribution < -0.4 is 11.3 Å². The smallest absolute Gasteiger partial charge is 0.0796 e. The molecule has 2 atom stereocenters. The van der Waals surface area contributed by atoms with E-state index in [-0.39, 0.29) is 6.04 Å². The molecular weight excluding hydrogens is 228 g/mol. The van der Waals surface area contributed by atoms with Gasteiger partial charge in [0.15, 0.2) is 0 Å². The van der Waals surface area contributed by atoms with Crippen LogP contribution in [0.1, 0.15) is 18.2 Å². The molecule has 1 saturated heterocycles. The second-order valence-electron chi connectivity index (χ2n) is 5.19. The molecule has 3 N–H and O–H groups in total. The lowest BCUT2D eigenvalue weighted by atomic mass is 10.0. The molecule has 6 heteroatoms. The van der Waals surface area contributed by atoms with E-state index in [0.717, 1.165) is 25.3 Å². The van der Waals surface area contributed by atoms with Gasteiger partial charge in [0.2, 0.25) is 0 Å². The van der Waals surface area contributed by atoms with Crippen LogP contribution in [-0.4, -0.2) is 59.4 Å². The van der Waals surface area contributed by atoms with Crippen molar-refractivity contribution in [2.45, 2.75) is 18.5 Å². The maximum absolute atomic E-state index is 5.79. The Morgan fingerprint density at radius 1 is 1.39 bits per heavy atom. The second kappa shape index (κ2) is 5.79. The number of aromatic nitrogens is 2. The van der Waals surface area contributed by atoms with Crippen LogP contribution in [0.15, 0.2) is 12.3 Å². The third-order valence-electron chi connectivity index (χ3n) is 3.86. The highest BCUT2D eigenvalue weighted by molar-refractivity contribution is 5.10. The Kier molecular flexibility index (Phi) is 4.34. The van der Waals surface area contributed by atoms with E-state index in [1.807, 2.05) is 24.0 Å². The summed E-state index contributed by atoms with van der Waals surface area (Å²) in [5.41, 5.74) is 4.09. The Balaban J connectivity index is 2.22. The van der Waals surface area contributed by atoms with Gasteiger partial charge in [0.25, 0.3) is 0 Å². The fourth-order valence-electron chi connectivity index (χ4n) is 2.75. The van der Waals surface area contributed by atoms with Gasteiger partial charge in [0.05, 0.1) is 11.7 Å². The zero-order valence-corrected chi connectivity index (χ0v) is 11.5. The highest BCUT2D eigenvalue weighted by Crippen LogP contribution is 2.21. The Labute approximate surface area is 109 Å². The fraction of sp³-hybridized carbons (Fsp3) is 0.750. The first-order chi connectivity index (χ1) is 8.63. The van der Waals surface area contributed by atoms with Gasteiger partial charge < -0.3 is 9.80 Å². The first-order valence-electron chi connectivity index (χ1n) is 6.46. The Morgan fingerprint density at radius 2 is 2.17 bits per heavy atom. The summed E-state index contributed by atoms with van der Waals surface area (Å²) in [7, 11) is 6.30. The molecule has 18 heavy (non-hydrogen) atoms. The minimum atomic E-state index is 0.100. The SMILES string of the molecule is CN1CCCN(C)C(C(NN)c2ccnn2C)C1. The third kappa shape index (κ3) is 2.72. The van der Waals surface area contributed by atoms with Gasteiger partial charge in [0.1, 0.15) is 0 Å². The molecule has 1 aromatic rings. The topological polar surface area (TPSA) is 62.4 Å². The van der Waals surface area contributed by atoms with Gasteiger partial charge >= 0.3 is 0 Å². The second-order valence-corrected chi connectivity index (χ2v) is 5.19. The predicted octanol–water partition coefficient (Wildman–Crippen LogP) is -0.440. The van der Waals surface area contributed by atoms with Crippen molar-refractivity contribution in [2.75, 3.05) is 33.7 Å². The molecule has 1 aliphatic heterocycles. The Morgan fingerprint density at radius 3 is 2.78 bits per heavy atom. The lowest BCUT2D eigenvalue weighted by molar-refractivity contribution is 0.174. The molecule has 2 unspecified atom stereocenters. The molecule has 0 aromatic carbocycles. The molecule has 0 aliphatic carbocycles. The summed E-state index contributed by atoms with van der Waals surface area (Å²) in [6.07, 6.45) is 3.02. The van der Waals surface area contributed by atoms with Gasteiger partial charge in [-0.05, 0) is 39.7 Å². The van der Waals surface area contributed by atoms with Crippen molar-refractivity contribution in [3.63, 3.8) is 0 Å². The van der Waals surface area contributed by atoms with Crippen molar-refractivity contribution < 1.29 is 0 Å². The average Bonchev–Trinajstić information content (AvgIpc) is 2.67. The molecular formula is C12H24N6. The number of hydrogen-bond acceptors (Lipinski definition) is 5. The number of aryl methyl sites for hydroxylation is 1. The van der Waals surface area contributed by atoms with Gasteiger partial charge in [-0.2, -0.15) is 5.10 Å². The van der Waals surface area contributed by atoms with Gasteiger partial charge in [-0.25, -0.2) is 5.43 Å². The third-order valence-corrected chi connectivity index (χ3v) is 3.86. The summed E-state index contributed by atoms with van der Waals surface area (Å²) in [5.74, 6) is 5.79. The summed E-state index contributed by atoms with van der Waals surface area (Å²) in [6.45, 7) is 3.26. The van der Waals surface area contributed by atoms with Crippen molar-refractivity contribution in [1.82, 2.24) is 25.0 Å². The lowest BCUT2D eigenvalue weighted by Crippen LogP contribution is -2.49. The van der Waals surface area contributed by atoms with Crippen molar-refractivity contribution >= 4 is 0 Å². The van der Waals surface area contributed by atoms with Crippen LogP contribution in [0.3, 0.4) is 0 Å². The minimum Gasteiger partial charge on any atom is -0.305 e. The van der Waals surface area contributed by atoms with E-state index < -0.39 is 0 Å². The summed E-state index contributed by atoms with van der Waals surface area (Å²) >= 11 is 0. The van der Waals surface area contributed by atoms with E-state index in [1.54, 1.807) is 0 Å². The number of nitrogens with two attached hydrogens (primary N) is 1. The molecule has 0 spiro atoms. The summed E-state index contributed by atoms with van der Waals surface area (Å²) < 4.78 is 1.89. The molecule has 1 aliphatic rings. The van der Waals surface area contributed by atoms with Crippen LogP contribution in [0, 0.1) is 0 Å². The zero-order valence-electron chi connectivity index (χ0n) is 11.5. The largest absolute Gasteiger partial charge is 0.305 e. The molecule has 102 valence electrons. The Bertz CT molecular complexity index is 376. The number of hydrogen-bond donors (Lipinski definition) is 2. The molecule has 0 amide bonds. The van der Waals surface area contributed by atoms with E-state index >= 15 is 0 Å². The van der Waals surface area contributed by atoms with Crippen LogP contribution in [-0.2, 0) is 7.05 Å². The number of rotatable bonds is 3. The van der Waals surface area contributed by atoms with Crippen molar-refractivity contribution in [1.29, 1.82) is 0 Å². The summed E-state index contributed by atoms with van der Waals surface area (Å²) in [4.78, 5) is 4.76. The van der Waals surface area contributed by atoms with Crippen LogP contribution in [0.2, 0.25) is 0 Å². The van der Waals surface area contributed by atoms with Gasteiger partial charge in [-0.1, -0.05) is 0 Å². The predicted molar refractivity (Wildman–Crippen MR) is 71.8 cm³/mol. The fourth-order valence-corrected chi connectivity index (χ4v) is 2.75. The van der Waals surface area contributed by atoms with Crippen molar-refractivity contribution in [3.05, 3.63) is 18.0 Å².